The number of hydrogen-bond donors (Lipinski definition) is 1. The van der Waals surface area contributed by atoms with E-state index in [4.69, 9.17) is 5.73 Å². The molecule has 0 heterocycles. The summed E-state index contributed by atoms with van der Waals surface area (Å²) in [5.74, 6) is -0.511. The molecule has 0 bridgehead atoms. The Balaban J connectivity index is 3.13. The van der Waals surface area contributed by atoms with Gasteiger partial charge in [0.1, 0.15) is 5.82 Å². The van der Waals surface area contributed by atoms with Crippen molar-refractivity contribution >= 4 is 5.69 Å². The fraction of sp³-hybridized carbons (Fsp3) is 0.143. The normalized spacial score (nSPS) is 9.83. The minimum Gasteiger partial charge on any atom is -0.326 e. The van der Waals surface area contributed by atoms with Gasteiger partial charge in [0.15, 0.2) is 0 Å². The minimum absolute atomic E-state index is 0.0342. The van der Waals surface area contributed by atoms with E-state index in [1.807, 2.05) is 0 Å². The van der Waals surface area contributed by atoms with E-state index >= 15 is 0 Å². The highest BCUT2D eigenvalue weighted by Gasteiger charge is 2.08. The summed E-state index contributed by atoms with van der Waals surface area (Å²) in [6, 6.07) is 3.28. The molecule has 64 valence electrons. The Labute approximate surface area is 68.0 Å². The Bertz CT molecular complexity index is 314. The lowest BCUT2D eigenvalue weighted by atomic mass is 10.2. The van der Waals surface area contributed by atoms with E-state index in [1.54, 1.807) is 0 Å². The lowest BCUT2D eigenvalue weighted by molar-refractivity contribution is -0.385. The standard InChI is InChI=1S/C7H7FN2O2/c8-7-2-1-6(10(11)12)3-5(7)4-9/h1-3H,4,9H2. The summed E-state index contributed by atoms with van der Waals surface area (Å²) in [7, 11) is 0. The van der Waals surface area contributed by atoms with Crippen molar-refractivity contribution in [1.82, 2.24) is 0 Å². The van der Waals surface area contributed by atoms with E-state index in [0.717, 1.165) is 18.2 Å². The summed E-state index contributed by atoms with van der Waals surface area (Å²) in [5, 5.41) is 10.2. The van der Waals surface area contributed by atoms with Gasteiger partial charge < -0.3 is 5.73 Å². The maximum Gasteiger partial charge on any atom is 0.269 e. The molecule has 0 saturated carbocycles. The first-order chi connectivity index (χ1) is 5.65. The number of hydrogen-bond acceptors (Lipinski definition) is 3. The number of nitrogens with zero attached hydrogens (tertiary/aromatic N) is 1. The van der Waals surface area contributed by atoms with E-state index < -0.39 is 10.7 Å². The SMILES string of the molecule is NCc1cc([N+](=O)[O-])ccc1F. The van der Waals surface area contributed by atoms with E-state index in [1.165, 1.54) is 0 Å². The third-order valence-electron chi connectivity index (χ3n) is 1.46. The van der Waals surface area contributed by atoms with Crippen LogP contribution in [0.5, 0.6) is 0 Å². The second-order valence-corrected chi connectivity index (χ2v) is 2.24. The van der Waals surface area contributed by atoms with Crippen molar-refractivity contribution in [2.75, 3.05) is 0 Å². The second kappa shape index (κ2) is 3.27. The van der Waals surface area contributed by atoms with Crippen LogP contribution in [0.1, 0.15) is 5.56 Å². The van der Waals surface area contributed by atoms with Gasteiger partial charge in [-0.2, -0.15) is 0 Å². The van der Waals surface area contributed by atoms with Crippen LogP contribution in [-0.4, -0.2) is 4.92 Å². The maximum atomic E-state index is 12.7. The molecular weight excluding hydrogens is 163 g/mol. The molecule has 2 N–H and O–H groups in total. The zero-order valence-corrected chi connectivity index (χ0v) is 6.16. The number of nitro groups is 1. The number of rotatable bonds is 2. The van der Waals surface area contributed by atoms with Crippen molar-refractivity contribution in [3.63, 3.8) is 0 Å². The number of nitro benzene ring substituents is 1. The average molecular weight is 170 g/mol. The van der Waals surface area contributed by atoms with Gasteiger partial charge in [-0.05, 0) is 6.07 Å². The van der Waals surface area contributed by atoms with Crippen LogP contribution in [0.2, 0.25) is 0 Å². The van der Waals surface area contributed by atoms with Crippen LogP contribution in [0.15, 0.2) is 18.2 Å². The lowest BCUT2D eigenvalue weighted by Gasteiger charge is -1.97. The Kier molecular flexibility index (Phi) is 2.35. The van der Waals surface area contributed by atoms with E-state index in [-0.39, 0.29) is 17.8 Å². The molecule has 1 rings (SSSR count). The van der Waals surface area contributed by atoms with Gasteiger partial charge in [0, 0.05) is 24.2 Å². The molecule has 0 aliphatic heterocycles. The average Bonchev–Trinajstić information content (AvgIpc) is 2.05. The summed E-state index contributed by atoms with van der Waals surface area (Å²) in [6.07, 6.45) is 0. The van der Waals surface area contributed by atoms with Gasteiger partial charge in [0.2, 0.25) is 0 Å². The highest BCUT2D eigenvalue weighted by Crippen LogP contribution is 2.15. The third kappa shape index (κ3) is 1.57. The number of benzene rings is 1. The number of nitrogens with two attached hydrogens (primary N) is 1. The van der Waals surface area contributed by atoms with Crippen LogP contribution >= 0.6 is 0 Å². The van der Waals surface area contributed by atoms with Crippen molar-refractivity contribution in [1.29, 1.82) is 0 Å². The van der Waals surface area contributed by atoms with Gasteiger partial charge in [0.25, 0.3) is 5.69 Å². The van der Waals surface area contributed by atoms with Crippen LogP contribution < -0.4 is 5.73 Å². The highest BCUT2D eigenvalue weighted by atomic mass is 19.1. The Hall–Kier alpha value is -1.49. The first-order valence-corrected chi connectivity index (χ1v) is 3.28. The molecule has 1 aromatic rings. The maximum absolute atomic E-state index is 12.7. The molecule has 0 atom stereocenters. The lowest BCUT2D eigenvalue weighted by Crippen LogP contribution is -2.00. The fourth-order valence-corrected chi connectivity index (χ4v) is 0.831. The largest absolute Gasteiger partial charge is 0.326 e. The van der Waals surface area contributed by atoms with E-state index in [9.17, 15) is 14.5 Å². The summed E-state index contributed by atoms with van der Waals surface area (Å²) in [5.41, 5.74) is 5.17. The smallest absolute Gasteiger partial charge is 0.269 e. The minimum atomic E-state index is -0.585. The predicted molar refractivity (Wildman–Crippen MR) is 40.9 cm³/mol. The summed E-state index contributed by atoms with van der Waals surface area (Å²) < 4.78 is 12.7. The number of halogens is 1. The molecule has 0 amide bonds. The van der Waals surface area contributed by atoms with Gasteiger partial charge in [-0.1, -0.05) is 0 Å². The monoisotopic (exact) mass is 170 g/mol. The molecule has 0 unspecified atom stereocenters. The van der Waals surface area contributed by atoms with Crippen molar-refractivity contribution < 1.29 is 9.31 Å². The van der Waals surface area contributed by atoms with Crippen LogP contribution in [0.25, 0.3) is 0 Å². The molecule has 4 nitrogen and oxygen atoms in total. The highest BCUT2D eigenvalue weighted by molar-refractivity contribution is 5.35. The van der Waals surface area contributed by atoms with Gasteiger partial charge >= 0.3 is 0 Å². The Morgan fingerprint density at radius 3 is 2.75 bits per heavy atom. The summed E-state index contributed by atoms with van der Waals surface area (Å²) in [6.45, 7) is -0.0342. The number of non-ortho nitro benzene ring substituents is 1. The van der Waals surface area contributed by atoms with Crippen molar-refractivity contribution in [3.8, 4) is 0 Å². The molecule has 0 saturated heterocycles. The predicted octanol–water partition coefficient (Wildman–Crippen LogP) is 1.19. The topological polar surface area (TPSA) is 69.2 Å². The van der Waals surface area contributed by atoms with Crippen molar-refractivity contribution in [2.24, 2.45) is 5.73 Å². The molecule has 0 aliphatic carbocycles. The van der Waals surface area contributed by atoms with Crippen LogP contribution in [0.3, 0.4) is 0 Å². The van der Waals surface area contributed by atoms with Gasteiger partial charge in [-0.3, -0.25) is 10.1 Å². The zero-order valence-electron chi connectivity index (χ0n) is 6.16. The van der Waals surface area contributed by atoms with Crippen molar-refractivity contribution in [3.05, 3.63) is 39.7 Å². The molecule has 0 spiro atoms. The third-order valence-corrected chi connectivity index (χ3v) is 1.46. The van der Waals surface area contributed by atoms with E-state index in [2.05, 4.69) is 0 Å². The molecule has 0 aliphatic rings. The Morgan fingerprint density at radius 2 is 2.25 bits per heavy atom. The summed E-state index contributed by atoms with van der Waals surface area (Å²) >= 11 is 0. The molecule has 1 aromatic carbocycles. The van der Waals surface area contributed by atoms with Gasteiger partial charge in [-0.15, -0.1) is 0 Å². The molecule has 0 radical (unpaired) electrons. The van der Waals surface area contributed by atoms with Gasteiger partial charge in [-0.25, -0.2) is 4.39 Å². The first kappa shape index (κ1) is 8.61. The molecular formula is C7H7FN2O2. The zero-order chi connectivity index (χ0) is 9.14. The molecule has 12 heavy (non-hydrogen) atoms. The van der Waals surface area contributed by atoms with Crippen LogP contribution in [0, 0.1) is 15.9 Å². The summed E-state index contributed by atoms with van der Waals surface area (Å²) in [4.78, 5) is 9.64. The van der Waals surface area contributed by atoms with Crippen LogP contribution in [-0.2, 0) is 6.54 Å². The molecule has 5 heteroatoms. The van der Waals surface area contributed by atoms with E-state index in [0.29, 0.717) is 0 Å². The molecule has 0 fully saturated rings. The second-order valence-electron chi connectivity index (χ2n) is 2.24. The van der Waals surface area contributed by atoms with Gasteiger partial charge in [0.05, 0.1) is 4.92 Å². The quantitative estimate of drug-likeness (QED) is 0.535. The Morgan fingerprint density at radius 1 is 1.58 bits per heavy atom. The fourth-order valence-electron chi connectivity index (χ4n) is 0.831. The molecule has 0 aromatic heterocycles. The van der Waals surface area contributed by atoms with Crippen LogP contribution in [0.4, 0.5) is 10.1 Å². The first-order valence-electron chi connectivity index (χ1n) is 3.28. The van der Waals surface area contributed by atoms with Crippen molar-refractivity contribution in [2.45, 2.75) is 6.54 Å².